The number of likely N-dealkylation sites (tertiary alicyclic amines) is 1. The molecule has 0 radical (unpaired) electrons. The zero-order valence-electron chi connectivity index (χ0n) is 12.0. The molecule has 0 amide bonds. The van der Waals surface area contributed by atoms with Crippen LogP contribution in [-0.2, 0) is 4.74 Å². The van der Waals surface area contributed by atoms with Gasteiger partial charge in [0.05, 0.1) is 6.61 Å². The van der Waals surface area contributed by atoms with E-state index < -0.39 is 0 Å². The van der Waals surface area contributed by atoms with Gasteiger partial charge in [-0.2, -0.15) is 0 Å². The summed E-state index contributed by atoms with van der Waals surface area (Å²) in [6.07, 6.45) is 4.06. The van der Waals surface area contributed by atoms with E-state index in [4.69, 9.17) is 4.74 Å². The van der Waals surface area contributed by atoms with E-state index in [2.05, 4.69) is 31.1 Å². The zero-order valence-corrected chi connectivity index (χ0v) is 12.0. The molecule has 17 heavy (non-hydrogen) atoms. The Morgan fingerprint density at radius 1 is 1.29 bits per heavy atom. The highest BCUT2D eigenvalue weighted by Crippen LogP contribution is 2.18. The quantitative estimate of drug-likeness (QED) is 0.739. The van der Waals surface area contributed by atoms with E-state index in [1.54, 1.807) is 7.11 Å². The summed E-state index contributed by atoms with van der Waals surface area (Å²) in [5.41, 5.74) is 0. The van der Waals surface area contributed by atoms with Crippen molar-refractivity contribution >= 4 is 0 Å². The number of methoxy groups -OCH3 is 1. The van der Waals surface area contributed by atoms with Gasteiger partial charge >= 0.3 is 0 Å². The molecule has 1 aliphatic rings. The number of hydrogen-bond donors (Lipinski definition) is 1. The van der Waals surface area contributed by atoms with Gasteiger partial charge in [0.2, 0.25) is 0 Å². The van der Waals surface area contributed by atoms with Crippen LogP contribution in [0.2, 0.25) is 0 Å². The average molecular weight is 242 g/mol. The van der Waals surface area contributed by atoms with E-state index in [9.17, 15) is 0 Å². The van der Waals surface area contributed by atoms with Gasteiger partial charge in [-0.3, -0.25) is 0 Å². The highest BCUT2D eigenvalue weighted by Gasteiger charge is 2.17. The van der Waals surface area contributed by atoms with Crippen molar-refractivity contribution in [3.05, 3.63) is 0 Å². The lowest BCUT2D eigenvalue weighted by Crippen LogP contribution is -2.39. The summed E-state index contributed by atoms with van der Waals surface area (Å²) in [5, 5.41) is 3.64. The lowest BCUT2D eigenvalue weighted by Gasteiger charge is -2.29. The van der Waals surface area contributed by atoms with Crippen molar-refractivity contribution in [2.24, 2.45) is 11.8 Å². The van der Waals surface area contributed by atoms with Crippen LogP contribution in [0.5, 0.6) is 0 Å². The number of nitrogens with zero attached hydrogens (tertiary/aromatic N) is 1. The van der Waals surface area contributed by atoms with Crippen molar-refractivity contribution in [1.29, 1.82) is 0 Å². The van der Waals surface area contributed by atoms with Crippen molar-refractivity contribution < 1.29 is 4.74 Å². The maximum absolute atomic E-state index is 5.25. The number of hydrogen-bond acceptors (Lipinski definition) is 3. The largest absolute Gasteiger partial charge is 0.383 e. The molecule has 1 heterocycles. The SMILES string of the molecule is COCC(NCCC1CCN(C)CC1)C(C)C. The van der Waals surface area contributed by atoms with E-state index in [0.29, 0.717) is 12.0 Å². The van der Waals surface area contributed by atoms with Crippen molar-refractivity contribution in [3.8, 4) is 0 Å². The van der Waals surface area contributed by atoms with E-state index in [-0.39, 0.29) is 0 Å². The second-order valence-corrected chi connectivity index (χ2v) is 5.80. The molecule has 3 nitrogen and oxygen atoms in total. The maximum Gasteiger partial charge on any atom is 0.0618 e. The highest BCUT2D eigenvalue weighted by atomic mass is 16.5. The molecule has 1 unspecified atom stereocenters. The third kappa shape index (κ3) is 5.84. The highest BCUT2D eigenvalue weighted by molar-refractivity contribution is 4.74. The second kappa shape index (κ2) is 8.06. The van der Waals surface area contributed by atoms with Crippen LogP contribution < -0.4 is 5.32 Å². The average Bonchev–Trinajstić information content (AvgIpc) is 2.30. The minimum Gasteiger partial charge on any atom is -0.383 e. The smallest absolute Gasteiger partial charge is 0.0618 e. The van der Waals surface area contributed by atoms with E-state index in [1.807, 2.05) is 0 Å². The minimum absolute atomic E-state index is 0.506. The molecule has 1 atom stereocenters. The Morgan fingerprint density at radius 3 is 2.47 bits per heavy atom. The first-order valence-electron chi connectivity index (χ1n) is 7.04. The Morgan fingerprint density at radius 2 is 1.94 bits per heavy atom. The lowest BCUT2D eigenvalue weighted by atomic mass is 9.93. The molecule has 0 aromatic rings. The van der Waals surface area contributed by atoms with Gasteiger partial charge in [0, 0.05) is 13.2 Å². The summed E-state index contributed by atoms with van der Waals surface area (Å²) in [7, 11) is 4.01. The number of rotatable bonds is 7. The predicted molar refractivity (Wildman–Crippen MR) is 73.3 cm³/mol. The topological polar surface area (TPSA) is 24.5 Å². The molecule has 1 rings (SSSR count). The van der Waals surface area contributed by atoms with Crippen LogP contribution in [0.3, 0.4) is 0 Å². The van der Waals surface area contributed by atoms with Crippen LogP contribution in [-0.4, -0.2) is 51.3 Å². The van der Waals surface area contributed by atoms with Gasteiger partial charge in [0.25, 0.3) is 0 Å². The maximum atomic E-state index is 5.25. The molecular formula is C14H30N2O. The van der Waals surface area contributed by atoms with E-state index in [1.165, 1.54) is 32.4 Å². The molecule has 0 aromatic heterocycles. The van der Waals surface area contributed by atoms with Gasteiger partial charge in [0.15, 0.2) is 0 Å². The molecule has 1 fully saturated rings. The van der Waals surface area contributed by atoms with Gasteiger partial charge in [-0.05, 0) is 57.8 Å². The summed E-state index contributed by atoms with van der Waals surface area (Å²) >= 11 is 0. The first kappa shape index (κ1) is 14.9. The van der Waals surface area contributed by atoms with E-state index >= 15 is 0 Å². The summed E-state index contributed by atoms with van der Waals surface area (Å²) in [5.74, 6) is 1.57. The predicted octanol–water partition coefficient (Wildman–Crippen LogP) is 1.98. The monoisotopic (exact) mass is 242 g/mol. The Labute approximate surface area is 107 Å². The van der Waals surface area contributed by atoms with Crippen LogP contribution >= 0.6 is 0 Å². The summed E-state index contributed by atoms with van der Waals surface area (Å²) in [6.45, 7) is 9.02. The molecule has 3 heteroatoms. The van der Waals surface area contributed by atoms with Gasteiger partial charge in [-0.1, -0.05) is 13.8 Å². The minimum atomic E-state index is 0.506. The van der Waals surface area contributed by atoms with Crippen LogP contribution in [0.15, 0.2) is 0 Å². The Hall–Kier alpha value is -0.120. The molecule has 1 N–H and O–H groups in total. The third-order valence-corrected chi connectivity index (χ3v) is 3.95. The third-order valence-electron chi connectivity index (χ3n) is 3.95. The van der Waals surface area contributed by atoms with Gasteiger partial charge in [-0.15, -0.1) is 0 Å². The standard InChI is InChI=1S/C14H30N2O/c1-12(2)14(11-17-4)15-8-5-13-6-9-16(3)10-7-13/h12-15H,5-11H2,1-4H3. The fraction of sp³-hybridized carbons (Fsp3) is 1.00. The lowest BCUT2D eigenvalue weighted by molar-refractivity contribution is 0.144. The Bertz CT molecular complexity index is 189. The first-order valence-corrected chi connectivity index (χ1v) is 7.04. The van der Waals surface area contributed by atoms with Crippen LogP contribution in [0.25, 0.3) is 0 Å². The van der Waals surface area contributed by atoms with Gasteiger partial charge < -0.3 is 15.0 Å². The summed E-state index contributed by atoms with van der Waals surface area (Å²) in [4.78, 5) is 2.44. The number of ether oxygens (including phenoxy) is 1. The van der Waals surface area contributed by atoms with Crippen molar-refractivity contribution in [1.82, 2.24) is 10.2 Å². The Balaban J connectivity index is 2.13. The molecule has 0 bridgehead atoms. The van der Waals surface area contributed by atoms with E-state index in [0.717, 1.165) is 19.1 Å². The summed E-state index contributed by atoms with van der Waals surface area (Å²) in [6, 6.07) is 0.506. The normalized spacial score (nSPS) is 21.0. The van der Waals surface area contributed by atoms with Crippen LogP contribution in [0, 0.1) is 11.8 Å². The molecule has 1 aliphatic heterocycles. The van der Waals surface area contributed by atoms with Gasteiger partial charge in [-0.25, -0.2) is 0 Å². The number of nitrogens with one attached hydrogen (secondary N) is 1. The second-order valence-electron chi connectivity index (χ2n) is 5.80. The molecule has 0 saturated carbocycles. The fourth-order valence-corrected chi connectivity index (χ4v) is 2.49. The number of piperidine rings is 1. The molecule has 0 aliphatic carbocycles. The van der Waals surface area contributed by atoms with Crippen LogP contribution in [0.1, 0.15) is 33.1 Å². The first-order chi connectivity index (χ1) is 8.13. The van der Waals surface area contributed by atoms with Gasteiger partial charge in [0.1, 0.15) is 0 Å². The Kier molecular flexibility index (Phi) is 7.09. The molecular weight excluding hydrogens is 212 g/mol. The molecule has 1 saturated heterocycles. The van der Waals surface area contributed by atoms with Crippen LogP contribution in [0.4, 0.5) is 0 Å². The van der Waals surface area contributed by atoms with Crippen molar-refractivity contribution in [2.75, 3.05) is 40.4 Å². The summed E-state index contributed by atoms with van der Waals surface area (Å²) < 4.78 is 5.25. The van der Waals surface area contributed by atoms with Crippen molar-refractivity contribution in [3.63, 3.8) is 0 Å². The molecule has 0 spiro atoms. The molecule has 102 valence electrons. The fourth-order valence-electron chi connectivity index (χ4n) is 2.49. The van der Waals surface area contributed by atoms with Crippen molar-refractivity contribution in [2.45, 2.75) is 39.2 Å². The molecule has 0 aromatic carbocycles. The zero-order chi connectivity index (χ0) is 12.7.